The number of rotatable bonds is 6. The lowest BCUT2D eigenvalue weighted by Gasteiger charge is -2.21. The van der Waals surface area contributed by atoms with E-state index in [0.717, 1.165) is 27.9 Å². The molecule has 4 aromatic rings. The van der Waals surface area contributed by atoms with Crippen LogP contribution in [0, 0.1) is 0 Å². The second-order valence-electron chi connectivity index (χ2n) is 9.00. The Morgan fingerprint density at radius 3 is 2.06 bits per heavy atom. The van der Waals surface area contributed by atoms with Gasteiger partial charge in [-0.25, -0.2) is 14.8 Å². The van der Waals surface area contributed by atoms with Crippen molar-refractivity contribution in [2.45, 2.75) is 39.5 Å². The van der Waals surface area contributed by atoms with Gasteiger partial charge in [0.05, 0.1) is 22.6 Å². The number of benzene rings is 3. The molecule has 5 nitrogen and oxygen atoms in total. The molecule has 4 rings (SSSR count). The fourth-order valence-corrected chi connectivity index (χ4v) is 4.25. The molecule has 0 spiro atoms. The fraction of sp³-hybridized carbons (Fsp3) is 0.207. The summed E-state index contributed by atoms with van der Waals surface area (Å²) in [6.07, 6.45) is 1.63. The Morgan fingerprint density at radius 2 is 1.43 bits per heavy atom. The maximum Gasteiger partial charge on any atom is 0.323 e. The average molecular weight is 485 g/mol. The van der Waals surface area contributed by atoms with E-state index in [2.05, 4.69) is 55.4 Å². The molecule has 1 aromatic heterocycles. The highest BCUT2D eigenvalue weighted by atomic mass is 35.5. The summed E-state index contributed by atoms with van der Waals surface area (Å²) in [6, 6.07) is 22.9. The molecule has 6 heteroatoms. The van der Waals surface area contributed by atoms with Crippen LogP contribution in [-0.2, 0) is 0 Å². The van der Waals surface area contributed by atoms with Gasteiger partial charge in [0.25, 0.3) is 0 Å². The fourth-order valence-electron chi connectivity index (χ4n) is 4.02. The highest BCUT2D eigenvalue weighted by Gasteiger charge is 2.19. The number of halogens is 1. The number of anilines is 2. The van der Waals surface area contributed by atoms with Crippen molar-refractivity contribution in [3.63, 3.8) is 0 Å². The van der Waals surface area contributed by atoms with Gasteiger partial charge in [-0.15, -0.1) is 0 Å². The van der Waals surface area contributed by atoms with Gasteiger partial charge in [-0.1, -0.05) is 106 Å². The van der Waals surface area contributed by atoms with Crippen molar-refractivity contribution in [1.29, 1.82) is 0 Å². The van der Waals surface area contributed by atoms with Gasteiger partial charge in [0, 0.05) is 16.8 Å². The predicted molar refractivity (Wildman–Crippen MR) is 145 cm³/mol. The van der Waals surface area contributed by atoms with E-state index < -0.39 is 0 Å². The smallest absolute Gasteiger partial charge is 0.307 e. The van der Waals surface area contributed by atoms with Gasteiger partial charge in [0.1, 0.15) is 0 Å². The molecule has 0 aliphatic rings. The highest BCUT2D eigenvalue weighted by molar-refractivity contribution is 6.33. The zero-order valence-corrected chi connectivity index (χ0v) is 21.1. The SMILES string of the molecule is CC(C)c1cccc(C(C)C)c1NC(=O)Nc1cnc(-c2ccccc2)nc1-c1ccccc1Cl. The van der Waals surface area contributed by atoms with Gasteiger partial charge in [-0.3, -0.25) is 0 Å². The number of hydrogen-bond acceptors (Lipinski definition) is 3. The lowest BCUT2D eigenvalue weighted by molar-refractivity contribution is 0.262. The summed E-state index contributed by atoms with van der Waals surface area (Å²) in [6.45, 7) is 8.48. The van der Waals surface area contributed by atoms with Gasteiger partial charge in [0.15, 0.2) is 5.82 Å². The maximum atomic E-state index is 13.2. The molecule has 0 bridgehead atoms. The lowest BCUT2D eigenvalue weighted by Crippen LogP contribution is -2.22. The van der Waals surface area contributed by atoms with E-state index in [1.54, 1.807) is 12.3 Å². The summed E-state index contributed by atoms with van der Waals surface area (Å²) in [5.74, 6) is 1.08. The molecular formula is C29H29ClN4O. The normalized spacial score (nSPS) is 11.1. The molecule has 2 N–H and O–H groups in total. The molecule has 0 saturated carbocycles. The number of hydrogen-bond donors (Lipinski definition) is 2. The van der Waals surface area contributed by atoms with Gasteiger partial charge in [-0.05, 0) is 29.0 Å². The number of carbonyl (C=O) groups is 1. The van der Waals surface area contributed by atoms with Crippen LogP contribution in [-0.4, -0.2) is 16.0 Å². The van der Waals surface area contributed by atoms with Crippen molar-refractivity contribution in [2.75, 3.05) is 10.6 Å². The number of para-hydroxylation sites is 1. The van der Waals surface area contributed by atoms with Crippen LogP contribution in [0.3, 0.4) is 0 Å². The minimum absolute atomic E-state index is 0.260. The standard InChI is InChI=1S/C29H29ClN4O/c1-18(2)21-14-10-15-22(19(3)4)26(21)34-29(35)32-25-17-31-28(20-11-6-5-7-12-20)33-27(25)23-13-8-9-16-24(23)30/h5-19H,1-4H3,(H2,32,34,35). The first-order chi connectivity index (χ1) is 16.8. The number of amides is 2. The monoisotopic (exact) mass is 484 g/mol. The Hall–Kier alpha value is -3.70. The molecule has 2 amide bonds. The van der Waals surface area contributed by atoms with Gasteiger partial charge in [0.2, 0.25) is 0 Å². The molecule has 0 unspecified atom stereocenters. The molecular weight excluding hydrogens is 456 g/mol. The Morgan fingerprint density at radius 1 is 0.800 bits per heavy atom. The molecule has 35 heavy (non-hydrogen) atoms. The Labute approximate surface area is 211 Å². The van der Waals surface area contributed by atoms with Crippen LogP contribution in [0.1, 0.15) is 50.7 Å². The first-order valence-electron chi connectivity index (χ1n) is 11.7. The molecule has 178 valence electrons. The molecule has 3 aromatic carbocycles. The lowest BCUT2D eigenvalue weighted by atomic mass is 9.93. The van der Waals surface area contributed by atoms with Gasteiger partial charge < -0.3 is 10.6 Å². The van der Waals surface area contributed by atoms with Crippen molar-refractivity contribution < 1.29 is 4.79 Å². The number of nitrogens with zero attached hydrogens (tertiary/aromatic N) is 2. The summed E-state index contributed by atoms with van der Waals surface area (Å²) in [5.41, 5.74) is 5.65. The van der Waals surface area contributed by atoms with Crippen LogP contribution in [0.25, 0.3) is 22.6 Å². The number of carbonyl (C=O) groups excluding carboxylic acids is 1. The number of aromatic nitrogens is 2. The van der Waals surface area contributed by atoms with Crippen LogP contribution in [0.5, 0.6) is 0 Å². The van der Waals surface area contributed by atoms with E-state index in [1.165, 1.54) is 0 Å². The second kappa shape index (κ2) is 10.7. The minimum Gasteiger partial charge on any atom is -0.307 e. The molecule has 0 aliphatic heterocycles. The number of nitrogens with one attached hydrogen (secondary N) is 2. The topological polar surface area (TPSA) is 66.9 Å². The molecule has 1 heterocycles. The van der Waals surface area contributed by atoms with Crippen LogP contribution < -0.4 is 10.6 Å². The van der Waals surface area contributed by atoms with E-state index in [4.69, 9.17) is 16.6 Å². The summed E-state index contributed by atoms with van der Waals surface area (Å²) in [7, 11) is 0. The van der Waals surface area contributed by atoms with Crippen molar-refractivity contribution in [1.82, 2.24) is 9.97 Å². The minimum atomic E-state index is -0.357. The summed E-state index contributed by atoms with van der Waals surface area (Å²) >= 11 is 6.52. The Bertz CT molecular complexity index is 1310. The van der Waals surface area contributed by atoms with E-state index in [9.17, 15) is 4.79 Å². The molecule has 0 fully saturated rings. The predicted octanol–water partition coefficient (Wildman–Crippen LogP) is 8.35. The van der Waals surface area contributed by atoms with E-state index in [0.29, 0.717) is 22.2 Å². The van der Waals surface area contributed by atoms with Crippen molar-refractivity contribution in [3.8, 4) is 22.6 Å². The molecule has 0 radical (unpaired) electrons. The summed E-state index contributed by atoms with van der Waals surface area (Å²) in [4.78, 5) is 22.6. The molecule has 0 aliphatic carbocycles. The first-order valence-corrected chi connectivity index (χ1v) is 12.1. The third kappa shape index (κ3) is 5.52. The maximum absolute atomic E-state index is 13.2. The van der Waals surface area contributed by atoms with Crippen LogP contribution >= 0.6 is 11.6 Å². The first kappa shape index (κ1) is 24.4. The third-order valence-electron chi connectivity index (χ3n) is 5.81. The third-order valence-corrected chi connectivity index (χ3v) is 6.14. The van der Waals surface area contributed by atoms with Crippen LogP contribution in [0.2, 0.25) is 5.02 Å². The summed E-state index contributed by atoms with van der Waals surface area (Å²) in [5, 5.41) is 6.60. The number of urea groups is 1. The Balaban J connectivity index is 1.72. The second-order valence-corrected chi connectivity index (χ2v) is 9.41. The van der Waals surface area contributed by atoms with E-state index >= 15 is 0 Å². The van der Waals surface area contributed by atoms with Crippen molar-refractivity contribution >= 4 is 29.0 Å². The van der Waals surface area contributed by atoms with E-state index in [-0.39, 0.29) is 17.9 Å². The highest BCUT2D eigenvalue weighted by Crippen LogP contribution is 2.35. The van der Waals surface area contributed by atoms with Gasteiger partial charge in [-0.2, -0.15) is 0 Å². The average Bonchev–Trinajstić information content (AvgIpc) is 2.85. The summed E-state index contributed by atoms with van der Waals surface area (Å²) < 4.78 is 0. The molecule has 0 saturated heterocycles. The quantitative estimate of drug-likeness (QED) is 0.289. The zero-order chi connectivity index (χ0) is 24.9. The van der Waals surface area contributed by atoms with Crippen molar-refractivity contribution in [2.24, 2.45) is 0 Å². The van der Waals surface area contributed by atoms with Gasteiger partial charge >= 0.3 is 6.03 Å². The van der Waals surface area contributed by atoms with Crippen LogP contribution in [0.15, 0.2) is 79.0 Å². The van der Waals surface area contributed by atoms with Crippen molar-refractivity contribution in [3.05, 3.63) is 95.1 Å². The van der Waals surface area contributed by atoms with Crippen LogP contribution in [0.4, 0.5) is 16.2 Å². The Kier molecular flexibility index (Phi) is 7.47. The zero-order valence-electron chi connectivity index (χ0n) is 20.3. The largest absolute Gasteiger partial charge is 0.323 e. The van der Waals surface area contributed by atoms with E-state index in [1.807, 2.05) is 54.6 Å². The molecule has 0 atom stereocenters.